The van der Waals surface area contributed by atoms with E-state index in [4.69, 9.17) is 10.3 Å². The van der Waals surface area contributed by atoms with Gasteiger partial charge in [-0.25, -0.2) is 4.79 Å². The van der Waals surface area contributed by atoms with E-state index in [0.717, 1.165) is 6.42 Å². The summed E-state index contributed by atoms with van der Waals surface area (Å²) in [6, 6.07) is 4.85. The van der Waals surface area contributed by atoms with Gasteiger partial charge in [-0.05, 0) is 36.9 Å². The van der Waals surface area contributed by atoms with Gasteiger partial charge in [0.15, 0.2) is 0 Å². The zero-order valence-corrected chi connectivity index (χ0v) is 10.5. The third-order valence-corrected chi connectivity index (χ3v) is 3.19. The van der Waals surface area contributed by atoms with E-state index in [1.54, 1.807) is 0 Å². The Balaban J connectivity index is 2.04. The van der Waals surface area contributed by atoms with Gasteiger partial charge in [-0.1, -0.05) is 5.11 Å². The lowest BCUT2D eigenvalue weighted by Crippen LogP contribution is -2.24. The summed E-state index contributed by atoms with van der Waals surface area (Å²) in [5.74, 6) is -0.565. The number of rotatable bonds is 4. The van der Waals surface area contributed by atoms with Crippen LogP contribution in [0, 0.1) is 10.1 Å². The number of carbonyl (C=O) groups excluding carboxylic acids is 1. The second kappa shape index (κ2) is 6.03. The van der Waals surface area contributed by atoms with Crippen molar-refractivity contribution in [3.63, 3.8) is 0 Å². The van der Waals surface area contributed by atoms with Crippen LogP contribution in [-0.2, 0) is 4.74 Å². The van der Waals surface area contributed by atoms with E-state index < -0.39 is 17.0 Å². The average molecular weight is 276 g/mol. The first-order valence-electron chi connectivity index (χ1n) is 6.11. The van der Waals surface area contributed by atoms with Crippen LogP contribution >= 0.6 is 0 Å². The van der Waals surface area contributed by atoms with Crippen LogP contribution in [0.1, 0.15) is 29.6 Å². The van der Waals surface area contributed by atoms with Crippen LogP contribution in [0.25, 0.3) is 10.4 Å². The highest BCUT2D eigenvalue weighted by Gasteiger charge is 2.30. The summed E-state index contributed by atoms with van der Waals surface area (Å²) in [4.78, 5) is 24.6. The van der Waals surface area contributed by atoms with Crippen LogP contribution in [0.15, 0.2) is 29.4 Å². The predicted octanol–water partition coefficient (Wildman–Crippen LogP) is 2.98. The van der Waals surface area contributed by atoms with Gasteiger partial charge < -0.3 is 4.74 Å². The molecule has 0 saturated heterocycles. The zero-order chi connectivity index (χ0) is 14.5. The van der Waals surface area contributed by atoms with Gasteiger partial charge in [0.25, 0.3) is 5.69 Å². The Hall–Kier alpha value is -2.60. The highest BCUT2D eigenvalue weighted by molar-refractivity contribution is 5.89. The molecule has 0 aliphatic heterocycles. The molecule has 0 bridgehead atoms. The zero-order valence-electron chi connectivity index (χ0n) is 10.5. The SMILES string of the molecule is [N-]=[N+]=N[C@H]1CCC[C@H]1OC(=O)c1ccc([N+](=O)[O-])cc1. The minimum Gasteiger partial charge on any atom is -0.458 e. The number of nitro groups is 1. The van der Waals surface area contributed by atoms with Crippen LogP contribution in [0.4, 0.5) is 5.69 Å². The maximum absolute atomic E-state index is 11.9. The Morgan fingerprint density at radius 1 is 1.40 bits per heavy atom. The van der Waals surface area contributed by atoms with E-state index in [9.17, 15) is 14.9 Å². The van der Waals surface area contributed by atoms with Gasteiger partial charge in [-0.2, -0.15) is 0 Å². The molecular weight excluding hydrogens is 264 g/mol. The quantitative estimate of drug-likeness (QED) is 0.210. The monoisotopic (exact) mass is 276 g/mol. The number of ether oxygens (including phenoxy) is 1. The van der Waals surface area contributed by atoms with Crippen LogP contribution in [-0.4, -0.2) is 23.0 Å². The van der Waals surface area contributed by atoms with Crippen LogP contribution in [0.3, 0.4) is 0 Å². The van der Waals surface area contributed by atoms with Gasteiger partial charge >= 0.3 is 5.97 Å². The second-order valence-electron chi connectivity index (χ2n) is 4.45. The minimum atomic E-state index is -0.565. The van der Waals surface area contributed by atoms with Crippen molar-refractivity contribution >= 4 is 11.7 Å². The van der Waals surface area contributed by atoms with E-state index >= 15 is 0 Å². The van der Waals surface area contributed by atoms with E-state index in [2.05, 4.69) is 10.0 Å². The van der Waals surface area contributed by atoms with E-state index in [1.165, 1.54) is 24.3 Å². The normalized spacial score (nSPS) is 21.0. The van der Waals surface area contributed by atoms with Crippen molar-refractivity contribution in [2.24, 2.45) is 5.11 Å². The lowest BCUT2D eigenvalue weighted by molar-refractivity contribution is -0.384. The lowest BCUT2D eigenvalue weighted by Gasteiger charge is -2.15. The van der Waals surface area contributed by atoms with Crippen molar-refractivity contribution in [1.82, 2.24) is 0 Å². The lowest BCUT2D eigenvalue weighted by atomic mass is 10.2. The number of nitrogens with zero attached hydrogens (tertiary/aromatic N) is 4. The molecule has 1 aliphatic carbocycles. The first-order chi connectivity index (χ1) is 9.61. The number of hydrogen-bond acceptors (Lipinski definition) is 5. The van der Waals surface area contributed by atoms with Crippen molar-refractivity contribution in [2.75, 3.05) is 0 Å². The Morgan fingerprint density at radius 3 is 2.70 bits per heavy atom. The first kappa shape index (κ1) is 13.8. The predicted molar refractivity (Wildman–Crippen MR) is 69.1 cm³/mol. The van der Waals surface area contributed by atoms with E-state index in [0.29, 0.717) is 12.8 Å². The summed E-state index contributed by atoms with van der Waals surface area (Å²) in [5, 5.41) is 14.1. The van der Waals surface area contributed by atoms with Gasteiger partial charge in [-0.3, -0.25) is 10.1 Å². The Bertz CT molecular complexity index is 565. The molecule has 0 aromatic heterocycles. The second-order valence-corrected chi connectivity index (χ2v) is 4.45. The molecule has 2 rings (SSSR count). The molecule has 2 atom stereocenters. The summed E-state index contributed by atoms with van der Waals surface area (Å²) in [5.41, 5.74) is 8.58. The van der Waals surface area contributed by atoms with Crippen LogP contribution < -0.4 is 0 Å². The van der Waals surface area contributed by atoms with Gasteiger partial charge in [0.1, 0.15) is 6.10 Å². The Kier molecular flexibility index (Phi) is 4.17. The molecule has 1 aromatic rings. The molecule has 0 unspecified atom stereocenters. The number of nitro benzene ring substituents is 1. The van der Waals surface area contributed by atoms with Gasteiger partial charge in [0.05, 0.1) is 16.5 Å². The van der Waals surface area contributed by atoms with E-state index in [1.807, 2.05) is 0 Å². The van der Waals surface area contributed by atoms with Crippen LogP contribution in [0.5, 0.6) is 0 Å². The topological polar surface area (TPSA) is 118 Å². The Labute approximate surface area is 114 Å². The highest BCUT2D eigenvalue weighted by Crippen LogP contribution is 2.26. The average Bonchev–Trinajstić information content (AvgIpc) is 2.86. The number of non-ortho nitro benzene ring substituents is 1. The molecule has 1 fully saturated rings. The van der Waals surface area contributed by atoms with Crippen molar-refractivity contribution in [3.8, 4) is 0 Å². The molecule has 0 radical (unpaired) electrons. The molecule has 1 saturated carbocycles. The number of hydrogen-bond donors (Lipinski definition) is 0. The van der Waals surface area contributed by atoms with Gasteiger partial charge in [-0.15, -0.1) is 0 Å². The Morgan fingerprint density at radius 2 is 2.10 bits per heavy atom. The third kappa shape index (κ3) is 3.04. The molecular formula is C12H12N4O4. The molecule has 1 aromatic carbocycles. The number of esters is 1. The fourth-order valence-electron chi connectivity index (χ4n) is 2.17. The van der Waals surface area contributed by atoms with Crippen LogP contribution in [0.2, 0.25) is 0 Å². The fraction of sp³-hybridized carbons (Fsp3) is 0.417. The molecule has 20 heavy (non-hydrogen) atoms. The van der Waals surface area contributed by atoms with Crippen molar-refractivity contribution in [2.45, 2.75) is 31.4 Å². The summed E-state index contributed by atoms with van der Waals surface area (Å²) < 4.78 is 5.29. The number of carbonyl (C=O) groups is 1. The van der Waals surface area contributed by atoms with Crippen molar-refractivity contribution in [3.05, 3.63) is 50.4 Å². The molecule has 0 amide bonds. The van der Waals surface area contributed by atoms with Gasteiger partial charge in [0, 0.05) is 17.0 Å². The minimum absolute atomic E-state index is 0.0885. The van der Waals surface area contributed by atoms with Crippen molar-refractivity contribution < 1.29 is 14.5 Å². The maximum Gasteiger partial charge on any atom is 0.338 e. The first-order valence-corrected chi connectivity index (χ1v) is 6.11. The molecule has 8 nitrogen and oxygen atoms in total. The molecule has 0 N–H and O–H groups in total. The molecule has 0 heterocycles. The largest absolute Gasteiger partial charge is 0.458 e. The molecule has 8 heteroatoms. The van der Waals surface area contributed by atoms with Crippen molar-refractivity contribution in [1.29, 1.82) is 0 Å². The van der Waals surface area contributed by atoms with Gasteiger partial charge in [0.2, 0.25) is 0 Å². The fourth-order valence-corrected chi connectivity index (χ4v) is 2.17. The number of azide groups is 1. The smallest absolute Gasteiger partial charge is 0.338 e. The maximum atomic E-state index is 11.9. The highest BCUT2D eigenvalue weighted by atomic mass is 16.6. The number of benzene rings is 1. The summed E-state index contributed by atoms with van der Waals surface area (Å²) in [7, 11) is 0. The summed E-state index contributed by atoms with van der Waals surface area (Å²) >= 11 is 0. The molecule has 1 aliphatic rings. The summed E-state index contributed by atoms with van der Waals surface area (Å²) in [6.07, 6.45) is 1.76. The molecule has 104 valence electrons. The molecule has 0 spiro atoms. The summed E-state index contributed by atoms with van der Waals surface area (Å²) in [6.45, 7) is 0. The van der Waals surface area contributed by atoms with E-state index in [-0.39, 0.29) is 17.3 Å². The standard InChI is InChI=1S/C12H12N4O4/c13-15-14-10-2-1-3-11(10)20-12(17)8-4-6-9(7-5-8)16(18)19/h4-7,10-11H,1-3H2/t10-,11+/m0/s1. The third-order valence-electron chi connectivity index (χ3n) is 3.19.